The molecule has 0 saturated heterocycles. The van der Waals surface area contributed by atoms with Gasteiger partial charge in [-0.3, -0.25) is 9.48 Å². The molecule has 1 heterocycles. The Kier molecular flexibility index (Phi) is 4.74. The summed E-state index contributed by atoms with van der Waals surface area (Å²) in [6.45, 7) is 2.54. The van der Waals surface area contributed by atoms with Crippen molar-refractivity contribution in [3.63, 3.8) is 0 Å². The highest BCUT2D eigenvalue weighted by Gasteiger charge is 2.20. The van der Waals surface area contributed by atoms with Crippen LogP contribution in [0.15, 0.2) is 30.3 Å². The van der Waals surface area contributed by atoms with Gasteiger partial charge in [0.25, 0.3) is 5.91 Å². The molecule has 2 aromatic rings. The number of aromatic nitrogens is 2. The molecule has 3 rings (SSSR count). The van der Waals surface area contributed by atoms with E-state index < -0.39 is 0 Å². The van der Waals surface area contributed by atoms with Crippen LogP contribution in [0.4, 0.5) is 4.39 Å². The van der Waals surface area contributed by atoms with Crippen molar-refractivity contribution in [2.75, 3.05) is 0 Å². The third kappa shape index (κ3) is 3.60. The van der Waals surface area contributed by atoms with Crippen LogP contribution in [-0.2, 0) is 6.54 Å². The average Bonchev–Trinajstić information content (AvgIpc) is 3.00. The summed E-state index contributed by atoms with van der Waals surface area (Å²) in [5, 5.41) is 7.56. The van der Waals surface area contributed by atoms with E-state index in [-0.39, 0.29) is 17.8 Å². The lowest BCUT2D eigenvalue weighted by Gasteiger charge is -2.22. The van der Waals surface area contributed by atoms with Crippen LogP contribution >= 0.6 is 0 Å². The first-order chi connectivity index (χ1) is 11.2. The molecule has 1 aromatic heterocycles. The van der Waals surface area contributed by atoms with Crippen molar-refractivity contribution in [2.24, 2.45) is 0 Å². The number of carbonyl (C=O) groups excluding carboxylic acids is 1. The Hall–Kier alpha value is -2.17. The van der Waals surface area contributed by atoms with Crippen LogP contribution in [0.1, 0.15) is 49.5 Å². The molecule has 1 aromatic carbocycles. The normalized spacial score (nSPS) is 15.6. The lowest BCUT2D eigenvalue weighted by Crippen LogP contribution is -2.37. The Morgan fingerprint density at radius 2 is 2.09 bits per heavy atom. The van der Waals surface area contributed by atoms with Crippen molar-refractivity contribution in [1.82, 2.24) is 15.1 Å². The van der Waals surface area contributed by atoms with Crippen molar-refractivity contribution >= 4 is 5.91 Å². The summed E-state index contributed by atoms with van der Waals surface area (Å²) in [5.74, 6) is -0.393. The molecule has 0 unspecified atom stereocenters. The number of benzene rings is 1. The van der Waals surface area contributed by atoms with Crippen LogP contribution in [0.25, 0.3) is 11.3 Å². The van der Waals surface area contributed by atoms with Gasteiger partial charge < -0.3 is 5.32 Å². The van der Waals surface area contributed by atoms with E-state index in [1.807, 2.05) is 6.92 Å². The summed E-state index contributed by atoms with van der Waals surface area (Å²) in [6.07, 6.45) is 5.69. The molecule has 1 aliphatic rings. The van der Waals surface area contributed by atoms with Crippen molar-refractivity contribution in [3.05, 3.63) is 41.8 Å². The van der Waals surface area contributed by atoms with Gasteiger partial charge in [-0.05, 0) is 38.0 Å². The predicted octanol–water partition coefficient (Wildman–Crippen LogP) is 3.77. The fourth-order valence-electron chi connectivity index (χ4n) is 3.14. The molecule has 122 valence electrons. The molecule has 5 heteroatoms. The molecule has 0 aliphatic heterocycles. The molecule has 0 bridgehead atoms. The number of aryl methyl sites for hydroxylation is 1. The van der Waals surface area contributed by atoms with Gasteiger partial charge in [0, 0.05) is 18.2 Å². The molecule has 0 atom stereocenters. The zero-order valence-corrected chi connectivity index (χ0v) is 13.4. The van der Waals surface area contributed by atoms with Gasteiger partial charge >= 0.3 is 0 Å². The first-order valence-electron chi connectivity index (χ1n) is 8.32. The largest absolute Gasteiger partial charge is 0.348 e. The number of nitrogens with zero attached hydrogens (tertiary/aromatic N) is 2. The minimum absolute atomic E-state index is 0.0890. The van der Waals surface area contributed by atoms with E-state index >= 15 is 0 Å². The zero-order valence-electron chi connectivity index (χ0n) is 13.4. The van der Waals surface area contributed by atoms with Crippen molar-refractivity contribution in [1.29, 1.82) is 0 Å². The van der Waals surface area contributed by atoms with E-state index in [2.05, 4.69) is 10.4 Å². The van der Waals surface area contributed by atoms with Crippen LogP contribution in [-0.4, -0.2) is 21.7 Å². The van der Waals surface area contributed by atoms with Gasteiger partial charge in [0.1, 0.15) is 11.5 Å². The van der Waals surface area contributed by atoms with E-state index in [4.69, 9.17) is 0 Å². The van der Waals surface area contributed by atoms with Crippen molar-refractivity contribution in [2.45, 2.75) is 51.6 Å². The topological polar surface area (TPSA) is 46.9 Å². The van der Waals surface area contributed by atoms with Crippen LogP contribution in [0, 0.1) is 5.82 Å². The number of hydrogen-bond donors (Lipinski definition) is 1. The minimum atomic E-state index is -0.304. The summed E-state index contributed by atoms with van der Waals surface area (Å²) in [4.78, 5) is 12.6. The van der Waals surface area contributed by atoms with Gasteiger partial charge in [-0.2, -0.15) is 5.10 Å². The average molecular weight is 315 g/mol. The molecule has 0 radical (unpaired) electrons. The second-order valence-corrected chi connectivity index (χ2v) is 6.05. The number of hydrogen-bond acceptors (Lipinski definition) is 2. The third-order valence-electron chi connectivity index (χ3n) is 4.37. The molecule has 4 nitrogen and oxygen atoms in total. The smallest absolute Gasteiger partial charge is 0.269 e. The van der Waals surface area contributed by atoms with Crippen LogP contribution in [0.5, 0.6) is 0 Å². The predicted molar refractivity (Wildman–Crippen MR) is 87.6 cm³/mol. The quantitative estimate of drug-likeness (QED) is 0.933. The summed E-state index contributed by atoms with van der Waals surface area (Å²) in [7, 11) is 0. The summed E-state index contributed by atoms with van der Waals surface area (Å²) in [6, 6.07) is 8.29. The highest BCUT2D eigenvalue weighted by molar-refractivity contribution is 5.94. The summed E-state index contributed by atoms with van der Waals surface area (Å²) >= 11 is 0. The number of rotatable bonds is 4. The highest BCUT2D eigenvalue weighted by Crippen LogP contribution is 2.21. The fourth-order valence-corrected chi connectivity index (χ4v) is 3.14. The molecule has 1 fully saturated rings. The van der Waals surface area contributed by atoms with Crippen LogP contribution in [0.3, 0.4) is 0 Å². The van der Waals surface area contributed by atoms with E-state index in [1.54, 1.807) is 22.9 Å². The highest BCUT2D eigenvalue weighted by atomic mass is 19.1. The molecule has 1 amide bonds. The minimum Gasteiger partial charge on any atom is -0.348 e. The summed E-state index contributed by atoms with van der Waals surface area (Å²) < 4.78 is 15.1. The first kappa shape index (κ1) is 15.7. The Bertz CT molecular complexity index is 689. The molecule has 1 N–H and O–H groups in total. The van der Waals surface area contributed by atoms with Gasteiger partial charge in [-0.1, -0.05) is 31.4 Å². The third-order valence-corrected chi connectivity index (χ3v) is 4.37. The monoisotopic (exact) mass is 315 g/mol. The zero-order chi connectivity index (χ0) is 16.2. The lowest BCUT2D eigenvalue weighted by atomic mass is 9.95. The Balaban J connectivity index is 1.82. The number of carbonyl (C=O) groups is 1. The SMILES string of the molecule is CCn1nc(-c2cccc(F)c2)cc1C(=O)NC1CCCCC1. The van der Waals surface area contributed by atoms with E-state index in [1.165, 1.54) is 31.4 Å². The van der Waals surface area contributed by atoms with Crippen molar-refractivity contribution in [3.8, 4) is 11.3 Å². The molecular weight excluding hydrogens is 293 g/mol. The van der Waals surface area contributed by atoms with Gasteiger partial charge in [-0.25, -0.2) is 4.39 Å². The van der Waals surface area contributed by atoms with E-state index in [0.717, 1.165) is 12.8 Å². The maximum absolute atomic E-state index is 13.4. The van der Waals surface area contributed by atoms with E-state index in [9.17, 15) is 9.18 Å². The molecule has 23 heavy (non-hydrogen) atoms. The number of nitrogens with one attached hydrogen (secondary N) is 1. The first-order valence-corrected chi connectivity index (χ1v) is 8.32. The van der Waals surface area contributed by atoms with Gasteiger partial charge in [-0.15, -0.1) is 0 Å². The Labute approximate surface area is 135 Å². The van der Waals surface area contributed by atoms with Crippen molar-refractivity contribution < 1.29 is 9.18 Å². The second-order valence-electron chi connectivity index (χ2n) is 6.05. The lowest BCUT2D eigenvalue weighted by molar-refractivity contribution is 0.0917. The Morgan fingerprint density at radius 3 is 2.78 bits per heavy atom. The van der Waals surface area contributed by atoms with Crippen LogP contribution in [0.2, 0.25) is 0 Å². The maximum Gasteiger partial charge on any atom is 0.269 e. The van der Waals surface area contributed by atoms with Crippen LogP contribution < -0.4 is 5.32 Å². The second kappa shape index (κ2) is 6.94. The van der Waals surface area contributed by atoms with Gasteiger partial charge in [0.15, 0.2) is 0 Å². The fraction of sp³-hybridized carbons (Fsp3) is 0.444. The maximum atomic E-state index is 13.4. The summed E-state index contributed by atoms with van der Waals surface area (Å²) in [5.41, 5.74) is 1.85. The molecule has 1 aliphatic carbocycles. The van der Waals surface area contributed by atoms with Gasteiger partial charge in [0.05, 0.1) is 5.69 Å². The molecule has 0 spiro atoms. The Morgan fingerprint density at radius 1 is 1.30 bits per heavy atom. The van der Waals surface area contributed by atoms with Gasteiger partial charge in [0.2, 0.25) is 0 Å². The standard InChI is InChI=1S/C18H22FN3O/c1-2-22-17(18(23)20-15-9-4-3-5-10-15)12-16(21-22)13-7-6-8-14(19)11-13/h6-8,11-12,15H,2-5,9-10H2,1H3,(H,20,23). The number of amides is 1. The van der Waals surface area contributed by atoms with E-state index in [0.29, 0.717) is 23.5 Å². The molecule has 1 saturated carbocycles. The molecular formula is C18H22FN3O. The number of halogens is 1.